The molecule has 0 saturated carbocycles. The van der Waals surface area contributed by atoms with E-state index in [4.69, 9.17) is 10.5 Å². The molecular weight excluding hydrogens is 300 g/mol. The van der Waals surface area contributed by atoms with Gasteiger partial charge in [-0.05, 0) is 28.1 Å². The lowest BCUT2D eigenvalue weighted by Crippen LogP contribution is -2.29. The molecule has 1 fully saturated rings. The molecule has 1 aromatic rings. The van der Waals surface area contributed by atoms with Crippen LogP contribution in [0.25, 0.3) is 0 Å². The number of nitrogens with two attached hydrogens (primary N) is 1. The molecule has 18 heavy (non-hydrogen) atoms. The summed E-state index contributed by atoms with van der Waals surface area (Å²) in [7, 11) is 1.31. The minimum Gasteiger partial charge on any atom is -0.465 e. The van der Waals surface area contributed by atoms with Crippen LogP contribution in [0.1, 0.15) is 16.8 Å². The van der Waals surface area contributed by atoms with E-state index >= 15 is 0 Å². The van der Waals surface area contributed by atoms with Gasteiger partial charge in [-0.3, -0.25) is 4.79 Å². The van der Waals surface area contributed by atoms with Crippen molar-refractivity contribution in [1.82, 2.24) is 0 Å². The summed E-state index contributed by atoms with van der Waals surface area (Å²) in [6, 6.07) is 4.93. The number of anilines is 1. The minimum atomic E-state index is -0.473. The topological polar surface area (TPSA) is 72.6 Å². The molecule has 1 saturated heterocycles. The Balaban J connectivity index is 2.49. The number of ether oxygens (including phenoxy) is 1. The third-order valence-electron chi connectivity index (χ3n) is 2.82. The Morgan fingerprint density at radius 3 is 2.83 bits per heavy atom. The first kappa shape index (κ1) is 13.0. The fourth-order valence-electron chi connectivity index (χ4n) is 2.02. The molecule has 96 valence electrons. The average Bonchev–Trinajstić information content (AvgIpc) is 2.67. The van der Waals surface area contributed by atoms with Crippen molar-refractivity contribution >= 4 is 33.5 Å². The zero-order valence-corrected chi connectivity index (χ0v) is 11.4. The van der Waals surface area contributed by atoms with Crippen molar-refractivity contribution in [2.75, 3.05) is 18.6 Å². The van der Waals surface area contributed by atoms with Gasteiger partial charge < -0.3 is 15.4 Å². The van der Waals surface area contributed by atoms with E-state index in [2.05, 4.69) is 15.9 Å². The van der Waals surface area contributed by atoms with E-state index in [0.717, 1.165) is 0 Å². The van der Waals surface area contributed by atoms with E-state index in [-0.39, 0.29) is 11.9 Å². The summed E-state index contributed by atoms with van der Waals surface area (Å²) in [5.74, 6) is -0.556. The molecule has 1 unspecified atom stereocenters. The Labute approximate surface area is 113 Å². The summed E-state index contributed by atoms with van der Waals surface area (Å²) in [6.45, 7) is 0.408. The predicted molar refractivity (Wildman–Crippen MR) is 70.4 cm³/mol. The number of amides is 1. The second-order valence-electron chi connectivity index (χ2n) is 4.10. The van der Waals surface area contributed by atoms with Crippen LogP contribution in [0.15, 0.2) is 22.7 Å². The third kappa shape index (κ3) is 2.26. The summed E-state index contributed by atoms with van der Waals surface area (Å²) in [5, 5.41) is 0. The second kappa shape index (κ2) is 5.07. The van der Waals surface area contributed by atoms with Gasteiger partial charge in [0.25, 0.3) is 0 Å². The van der Waals surface area contributed by atoms with Crippen LogP contribution in [-0.2, 0) is 9.53 Å². The van der Waals surface area contributed by atoms with Crippen LogP contribution in [0.5, 0.6) is 0 Å². The molecule has 1 aliphatic heterocycles. The molecule has 2 rings (SSSR count). The van der Waals surface area contributed by atoms with E-state index < -0.39 is 5.97 Å². The van der Waals surface area contributed by atoms with E-state index in [9.17, 15) is 9.59 Å². The zero-order valence-electron chi connectivity index (χ0n) is 9.85. The number of hydrogen-bond donors (Lipinski definition) is 1. The van der Waals surface area contributed by atoms with Crippen LogP contribution in [-0.4, -0.2) is 31.6 Å². The van der Waals surface area contributed by atoms with Gasteiger partial charge in [0.15, 0.2) is 0 Å². The second-order valence-corrected chi connectivity index (χ2v) is 4.95. The van der Waals surface area contributed by atoms with E-state index in [1.54, 1.807) is 18.2 Å². The molecule has 5 nitrogen and oxygen atoms in total. The van der Waals surface area contributed by atoms with Crippen molar-refractivity contribution in [3.8, 4) is 0 Å². The van der Waals surface area contributed by atoms with Crippen LogP contribution in [0.3, 0.4) is 0 Å². The van der Waals surface area contributed by atoms with Crippen molar-refractivity contribution in [3.05, 3.63) is 28.2 Å². The van der Waals surface area contributed by atoms with Gasteiger partial charge in [0.2, 0.25) is 5.91 Å². The predicted octanol–water partition coefficient (Wildman–Crippen LogP) is 1.30. The summed E-state index contributed by atoms with van der Waals surface area (Å²) >= 11 is 3.36. The minimum absolute atomic E-state index is 0.0837. The molecule has 1 aliphatic rings. The molecule has 1 aromatic carbocycles. The van der Waals surface area contributed by atoms with Crippen molar-refractivity contribution in [2.45, 2.75) is 12.5 Å². The quantitative estimate of drug-likeness (QED) is 0.835. The van der Waals surface area contributed by atoms with Gasteiger partial charge in [-0.1, -0.05) is 6.07 Å². The lowest BCUT2D eigenvalue weighted by Gasteiger charge is -2.20. The highest BCUT2D eigenvalue weighted by Gasteiger charge is 2.32. The monoisotopic (exact) mass is 312 g/mol. The molecule has 1 atom stereocenters. The lowest BCUT2D eigenvalue weighted by molar-refractivity contribution is -0.117. The molecule has 0 aliphatic carbocycles. The van der Waals surface area contributed by atoms with E-state index in [0.29, 0.717) is 28.7 Å². The Kier molecular flexibility index (Phi) is 3.68. The van der Waals surface area contributed by atoms with Gasteiger partial charge in [0, 0.05) is 23.5 Å². The number of nitrogens with zero attached hydrogens (tertiary/aromatic N) is 1. The molecule has 6 heteroatoms. The molecule has 0 spiro atoms. The van der Waals surface area contributed by atoms with Crippen molar-refractivity contribution < 1.29 is 14.3 Å². The molecule has 0 bridgehead atoms. The summed E-state index contributed by atoms with van der Waals surface area (Å²) in [5.41, 5.74) is 6.65. The Morgan fingerprint density at radius 1 is 1.56 bits per heavy atom. The Hall–Kier alpha value is -1.40. The number of benzene rings is 1. The van der Waals surface area contributed by atoms with Crippen LogP contribution in [0.4, 0.5) is 5.69 Å². The van der Waals surface area contributed by atoms with E-state index in [1.807, 2.05) is 0 Å². The first-order valence-electron chi connectivity index (χ1n) is 5.47. The third-order valence-corrected chi connectivity index (χ3v) is 3.46. The van der Waals surface area contributed by atoms with Crippen molar-refractivity contribution in [2.24, 2.45) is 5.73 Å². The van der Waals surface area contributed by atoms with Crippen LogP contribution >= 0.6 is 15.9 Å². The number of halogens is 1. The summed E-state index contributed by atoms with van der Waals surface area (Å²) in [6.07, 6.45) is 0.294. The van der Waals surface area contributed by atoms with Gasteiger partial charge >= 0.3 is 5.97 Å². The van der Waals surface area contributed by atoms with Gasteiger partial charge in [0.05, 0.1) is 18.4 Å². The maximum absolute atomic E-state index is 11.9. The highest BCUT2D eigenvalue weighted by Crippen LogP contribution is 2.33. The molecule has 1 heterocycles. The summed E-state index contributed by atoms with van der Waals surface area (Å²) < 4.78 is 5.40. The normalized spacial score (nSPS) is 19.2. The number of rotatable bonds is 2. The number of methoxy groups -OCH3 is 1. The molecular formula is C12H13BrN2O3. The van der Waals surface area contributed by atoms with E-state index in [1.165, 1.54) is 12.0 Å². The largest absolute Gasteiger partial charge is 0.465 e. The van der Waals surface area contributed by atoms with Crippen molar-refractivity contribution in [3.63, 3.8) is 0 Å². The molecule has 2 N–H and O–H groups in total. The Morgan fingerprint density at radius 2 is 2.28 bits per heavy atom. The maximum Gasteiger partial charge on any atom is 0.340 e. The summed E-state index contributed by atoms with van der Waals surface area (Å²) in [4.78, 5) is 25.1. The highest BCUT2D eigenvalue weighted by atomic mass is 79.9. The molecule has 0 aromatic heterocycles. The maximum atomic E-state index is 11.9. The molecule has 1 amide bonds. The number of carbonyl (C=O) groups excluding carboxylic acids is 2. The van der Waals surface area contributed by atoms with Gasteiger partial charge in [-0.25, -0.2) is 4.79 Å². The number of esters is 1. The fraction of sp³-hybridized carbons (Fsp3) is 0.333. The van der Waals surface area contributed by atoms with Crippen molar-refractivity contribution in [1.29, 1.82) is 0 Å². The number of carbonyl (C=O) groups is 2. The average molecular weight is 313 g/mol. The smallest absolute Gasteiger partial charge is 0.340 e. The highest BCUT2D eigenvalue weighted by molar-refractivity contribution is 9.10. The van der Waals surface area contributed by atoms with Crippen LogP contribution in [0.2, 0.25) is 0 Å². The Bertz CT molecular complexity index is 504. The van der Waals surface area contributed by atoms with Gasteiger partial charge in [0.1, 0.15) is 0 Å². The SMILES string of the molecule is COC(=O)c1cccc(Br)c1N1CC(N)CC1=O. The van der Waals surface area contributed by atoms with Crippen LogP contribution < -0.4 is 10.6 Å². The van der Waals surface area contributed by atoms with Gasteiger partial charge in [-0.2, -0.15) is 0 Å². The molecule has 0 radical (unpaired) electrons. The first-order valence-corrected chi connectivity index (χ1v) is 6.26. The fourth-order valence-corrected chi connectivity index (χ4v) is 2.60. The number of para-hydroxylation sites is 1. The lowest BCUT2D eigenvalue weighted by atomic mass is 10.1. The first-order chi connectivity index (χ1) is 8.54. The standard InChI is InChI=1S/C12H13BrN2O3/c1-18-12(17)8-3-2-4-9(13)11(8)15-6-7(14)5-10(15)16/h2-4,7H,5-6,14H2,1H3. The zero-order chi connectivity index (χ0) is 13.3. The van der Waals surface area contributed by atoms with Gasteiger partial charge in [-0.15, -0.1) is 0 Å². The number of hydrogen-bond acceptors (Lipinski definition) is 4. The van der Waals surface area contributed by atoms with Crippen LogP contribution in [0, 0.1) is 0 Å².